The minimum absolute atomic E-state index is 0.149. The van der Waals surface area contributed by atoms with Gasteiger partial charge >= 0.3 is 0 Å². The monoisotopic (exact) mass is 287 g/mol. The quantitative estimate of drug-likeness (QED) is 0.910. The molecular weight excluding hydrogens is 269 g/mol. The van der Waals surface area contributed by atoms with Crippen molar-refractivity contribution in [2.75, 3.05) is 12.4 Å². The van der Waals surface area contributed by atoms with Gasteiger partial charge in [-0.2, -0.15) is 0 Å². The Balaban J connectivity index is 1.94. The van der Waals surface area contributed by atoms with Gasteiger partial charge in [-0.15, -0.1) is 0 Å². The molecule has 2 aromatic rings. The van der Waals surface area contributed by atoms with Gasteiger partial charge in [0, 0.05) is 18.2 Å². The summed E-state index contributed by atoms with van der Waals surface area (Å²) in [4.78, 5) is 11.9. The van der Waals surface area contributed by atoms with Gasteiger partial charge < -0.3 is 10.1 Å². The van der Waals surface area contributed by atoms with Crippen molar-refractivity contribution in [3.8, 4) is 5.75 Å². The number of hydrogen-bond acceptors (Lipinski definition) is 2. The summed E-state index contributed by atoms with van der Waals surface area (Å²) >= 11 is 0. The van der Waals surface area contributed by atoms with Gasteiger partial charge in [0.25, 0.3) is 0 Å². The molecule has 0 saturated heterocycles. The number of benzene rings is 2. The van der Waals surface area contributed by atoms with Crippen LogP contribution in [0.25, 0.3) is 0 Å². The molecule has 1 N–H and O–H groups in total. The van der Waals surface area contributed by atoms with E-state index in [4.69, 9.17) is 4.74 Å². The first-order chi connectivity index (χ1) is 10.1. The third-order valence-electron chi connectivity index (χ3n) is 3.27. The van der Waals surface area contributed by atoms with Gasteiger partial charge in [-0.1, -0.05) is 24.3 Å². The normalized spacial score (nSPS) is 10.2. The minimum atomic E-state index is -0.276. The van der Waals surface area contributed by atoms with Gasteiger partial charge in [-0.25, -0.2) is 4.39 Å². The molecule has 0 bridgehead atoms. The van der Waals surface area contributed by atoms with Crippen molar-refractivity contribution in [2.24, 2.45) is 0 Å². The van der Waals surface area contributed by atoms with Gasteiger partial charge in [0.2, 0.25) is 5.91 Å². The maximum absolute atomic E-state index is 13.5. The summed E-state index contributed by atoms with van der Waals surface area (Å²) in [7, 11) is 1.59. The van der Waals surface area contributed by atoms with Crippen molar-refractivity contribution in [1.29, 1.82) is 0 Å². The number of hydrogen-bond donors (Lipinski definition) is 1. The molecule has 0 aliphatic rings. The van der Waals surface area contributed by atoms with Crippen LogP contribution in [-0.2, 0) is 11.2 Å². The highest BCUT2D eigenvalue weighted by Crippen LogP contribution is 2.22. The van der Waals surface area contributed by atoms with Gasteiger partial charge in [0.1, 0.15) is 11.6 Å². The lowest BCUT2D eigenvalue weighted by Gasteiger charge is -2.09. The largest absolute Gasteiger partial charge is 0.496 e. The fourth-order valence-electron chi connectivity index (χ4n) is 2.07. The van der Waals surface area contributed by atoms with Crippen LogP contribution >= 0.6 is 0 Å². The molecule has 0 unspecified atom stereocenters. The van der Waals surface area contributed by atoms with Crippen LogP contribution < -0.4 is 10.1 Å². The van der Waals surface area contributed by atoms with Crippen LogP contribution in [-0.4, -0.2) is 13.0 Å². The van der Waals surface area contributed by atoms with Crippen molar-refractivity contribution >= 4 is 11.6 Å². The molecule has 0 spiro atoms. The number of nitrogens with one attached hydrogen (secondary N) is 1. The fourth-order valence-corrected chi connectivity index (χ4v) is 2.07. The molecular formula is C17H18FNO2. The summed E-state index contributed by atoms with van der Waals surface area (Å²) in [5, 5.41) is 2.79. The minimum Gasteiger partial charge on any atom is -0.496 e. The first-order valence-electron chi connectivity index (χ1n) is 6.78. The maximum Gasteiger partial charge on any atom is 0.224 e. The van der Waals surface area contributed by atoms with Gasteiger partial charge in [0.15, 0.2) is 0 Å². The lowest BCUT2D eigenvalue weighted by atomic mass is 10.1. The smallest absolute Gasteiger partial charge is 0.224 e. The van der Waals surface area contributed by atoms with Crippen molar-refractivity contribution < 1.29 is 13.9 Å². The van der Waals surface area contributed by atoms with Gasteiger partial charge in [-0.05, 0) is 36.6 Å². The van der Waals surface area contributed by atoms with Crippen LogP contribution in [0.15, 0.2) is 42.5 Å². The molecule has 1 amide bonds. The molecule has 0 radical (unpaired) electrons. The van der Waals surface area contributed by atoms with E-state index in [2.05, 4.69) is 5.32 Å². The number of amides is 1. The number of anilines is 1. The number of aryl methyl sites for hydroxylation is 2. The molecule has 2 rings (SSSR count). The van der Waals surface area contributed by atoms with Crippen molar-refractivity contribution in [1.82, 2.24) is 0 Å². The molecule has 0 atom stereocenters. The zero-order chi connectivity index (χ0) is 15.2. The Morgan fingerprint density at radius 1 is 1.24 bits per heavy atom. The third-order valence-corrected chi connectivity index (χ3v) is 3.27. The number of carbonyl (C=O) groups excluding carboxylic acids is 1. The van der Waals surface area contributed by atoms with Crippen LogP contribution in [0.1, 0.15) is 17.5 Å². The molecule has 4 heteroatoms. The average molecular weight is 287 g/mol. The van der Waals surface area contributed by atoms with E-state index >= 15 is 0 Å². The second-order valence-corrected chi connectivity index (χ2v) is 4.82. The predicted molar refractivity (Wildman–Crippen MR) is 81.1 cm³/mol. The Kier molecular flexibility index (Phi) is 4.93. The first-order valence-corrected chi connectivity index (χ1v) is 6.78. The Bertz CT molecular complexity index is 640. The first kappa shape index (κ1) is 15.0. The van der Waals surface area contributed by atoms with Crippen molar-refractivity contribution in [3.63, 3.8) is 0 Å². The lowest BCUT2D eigenvalue weighted by molar-refractivity contribution is -0.116. The molecule has 0 saturated carbocycles. The Labute approximate surface area is 123 Å². The van der Waals surface area contributed by atoms with E-state index in [9.17, 15) is 9.18 Å². The highest BCUT2D eigenvalue weighted by Gasteiger charge is 2.07. The van der Waals surface area contributed by atoms with Crippen LogP contribution in [0.4, 0.5) is 10.1 Å². The molecule has 0 aromatic heterocycles. The third kappa shape index (κ3) is 4.05. The molecule has 2 aromatic carbocycles. The summed E-state index contributed by atoms with van der Waals surface area (Å²) < 4.78 is 18.7. The Morgan fingerprint density at radius 2 is 2.00 bits per heavy atom. The Morgan fingerprint density at radius 3 is 2.71 bits per heavy atom. The number of rotatable bonds is 5. The second kappa shape index (κ2) is 6.88. The summed E-state index contributed by atoms with van der Waals surface area (Å²) in [5.41, 5.74) is 2.23. The molecule has 0 aliphatic carbocycles. The maximum atomic E-state index is 13.5. The van der Waals surface area contributed by atoms with E-state index in [-0.39, 0.29) is 18.1 Å². The summed E-state index contributed by atoms with van der Waals surface area (Å²) in [6, 6.07) is 12.0. The van der Waals surface area contributed by atoms with Crippen LogP contribution in [0, 0.1) is 12.7 Å². The van der Waals surface area contributed by atoms with Crippen LogP contribution in [0.2, 0.25) is 0 Å². The van der Waals surface area contributed by atoms with Gasteiger partial charge in [0.05, 0.1) is 7.11 Å². The van der Waals surface area contributed by atoms with Crippen molar-refractivity contribution in [3.05, 3.63) is 59.4 Å². The molecule has 0 fully saturated rings. The summed E-state index contributed by atoms with van der Waals surface area (Å²) in [6.07, 6.45) is 0.610. The van der Waals surface area contributed by atoms with Crippen LogP contribution in [0.5, 0.6) is 5.75 Å². The van der Waals surface area contributed by atoms with E-state index in [0.29, 0.717) is 17.7 Å². The number of carbonyl (C=O) groups is 1. The summed E-state index contributed by atoms with van der Waals surface area (Å²) in [6.45, 7) is 1.93. The topological polar surface area (TPSA) is 38.3 Å². The molecule has 0 heterocycles. The van der Waals surface area contributed by atoms with E-state index in [1.165, 1.54) is 6.07 Å². The fraction of sp³-hybridized carbons (Fsp3) is 0.235. The number of methoxy groups -OCH3 is 1. The highest BCUT2D eigenvalue weighted by atomic mass is 19.1. The number of halogens is 1. The standard InChI is InChI=1S/C17H18FNO2/c1-12-7-9-14(11-16(12)21-2)19-17(20)10-8-13-5-3-4-6-15(13)18/h3-7,9,11H,8,10H2,1-2H3,(H,19,20). The Hall–Kier alpha value is -2.36. The number of ether oxygens (including phenoxy) is 1. The second-order valence-electron chi connectivity index (χ2n) is 4.82. The average Bonchev–Trinajstić information content (AvgIpc) is 2.48. The molecule has 0 aliphatic heterocycles. The van der Waals surface area contributed by atoms with E-state index in [0.717, 1.165) is 11.3 Å². The van der Waals surface area contributed by atoms with E-state index < -0.39 is 0 Å². The van der Waals surface area contributed by atoms with E-state index in [1.54, 1.807) is 31.4 Å². The lowest BCUT2D eigenvalue weighted by Crippen LogP contribution is -2.12. The summed E-state index contributed by atoms with van der Waals surface area (Å²) in [5.74, 6) is 0.299. The molecule has 3 nitrogen and oxygen atoms in total. The van der Waals surface area contributed by atoms with E-state index in [1.807, 2.05) is 19.1 Å². The van der Waals surface area contributed by atoms with Gasteiger partial charge in [-0.3, -0.25) is 4.79 Å². The van der Waals surface area contributed by atoms with Crippen molar-refractivity contribution in [2.45, 2.75) is 19.8 Å². The highest BCUT2D eigenvalue weighted by molar-refractivity contribution is 5.91. The molecule has 21 heavy (non-hydrogen) atoms. The molecule has 110 valence electrons. The SMILES string of the molecule is COc1cc(NC(=O)CCc2ccccc2F)ccc1C. The zero-order valence-corrected chi connectivity index (χ0v) is 12.2. The predicted octanol–water partition coefficient (Wildman–Crippen LogP) is 3.71. The zero-order valence-electron chi connectivity index (χ0n) is 12.2. The van der Waals surface area contributed by atoms with Crippen LogP contribution in [0.3, 0.4) is 0 Å².